The summed E-state index contributed by atoms with van der Waals surface area (Å²) >= 11 is 0. The number of ether oxygens (including phenoxy) is 2. The Balaban J connectivity index is 1.87. The van der Waals surface area contributed by atoms with Crippen LogP contribution in [0.2, 0.25) is 0 Å². The van der Waals surface area contributed by atoms with Gasteiger partial charge in [0.2, 0.25) is 0 Å². The molecule has 1 aromatic rings. The van der Waals surface area contributed by atoms with Gasteiger partial charge in [0.15, 0.2) is 0 Å². The molecule has 0 bridgehead atoms. The Hall–Kier alpha value is -2.33. The molecule has 0 aromatic heterocycles. The molecule has 4 heteroatoms. The molecule has 0 radical (unpaired) electrons. The summed E-state index contributed by atoms with van der Waals surface area (Å²) in [6, 6.07) is 7.95. The highest BCUT2D eigenvalue weighted by Gasteiger charge is 2.08. The number of nitrogens with zero attached hydrogens (tertiary/aromatic N) is 1. The van der Waals surface area contributed by atoms with Gasteiger partial charge in [0.05, 0.1) is 13.2 Å². The molecule has 1 aliphatic rings. The van der Waals surface area contributed by atoms with Crippen LogP contribution in [-0.4, -0.2) is 31.4 Å². The second-order valence-electron chi connectivity index (χ2n) is 6.88. The van der Waals surface area contributed by atoms with Gasteiger partial charge in [-0.15, -0.1) is 0 Å². The van der Waals surface area contributed by atoms with Crippen LogP contribution in [0.3, 0.4) is 0 Å². The van der Waals surface area contributed by atoms with E-state index in [0.717, 1.165) is 29.0 Å². The summed E-state index contributed by atoms with van der Waals surface area (Å²) in [5.74, 6) is 0.780. The van der Waals surface area contributed by atoms with Crippen LogP contribution >= 0.6 is 0 Å². The summed E-state index contributed by atoms with van der Waals surface area (Å²) < 4.78 is 22.6. The third-order valence-corrected chi connectivity index (χ3v) is 4.56. The van der Waals surface area contributed by atoms with E-state index in [9.17, 15) is 4.39 Å². The summed E-state index contributed by atoms with van der Waals surface area (Å²) in [6.45, 7) is 8.96. The molecule has 1 heterocycles. The molecular formula is C24H32FNO2. The highest BCUT2D eigenvalue weighted by atomic mass is 19.1. The zero-order chi connectivity index (χ0) is 20.2. The lowest BCUT2D eigenvalue weighted by molar-refractivity contribution is 0.0897. The molecule has 1 aromatic carbocycles. The van der Waals surface area contributed by atoms with E-state index in [1.54, 1.807) is 0 Å². The second-order valence-corrected chi connectivity index (χ2v) is 6.88. The van der Waals surface area contributed by atoms with Crippen LogP contribution in [0.15, 0.2) is 66.7 Å². The van der Waals surface area contributed by atoms with E-state index >= 15 is 0 Å². The third kappa shape index (κ3) is 7.35. The molecule has 0 unspecified atom stereocenters. The SMILES string of the molecule is C=C1C=C(CCCCC)C=CN1/C=C(\C)c1ccc(OCCOCCF)cc1. The number of alkyl halides is 1. The van der Waals surface area contributed by atoms with Crippen LogP contribution < -0.4 is 4.74 Å². The molecular weight excluding hydrogens is 353 g/mol. The molecule has 0 aliphatic carbocycles. The van der Waals surface area contributed by atoms with Gasteiger partial charge in [0.25, 0.3) is 0 Å². The second kappa shape index (κ2) is 12.2. The first kappa shape index (κ1) is 22.0. The van der Waals surface area contributed by atoms with Gasteiger partial charge in [-0.2, -0.15) is 0 Å². The van der Waals surface area contributed by atoms with Gasteiger partial charge < -0.3 is 14.4 Å². The van der Waals surface area contributed by atoms with Crippen molar-refractivity contribution in [2.24, 2.45) is 0 Å². The van der Waals surface area contributed by atoms with E-state index in [2.05, 4.69) is 49.9 Å². The topological polar surface area (TPSA) is 21.7 Å². The van der Waals surface area contributed by atoms with E-state index < -0.39 is 6.67 Å². The van der Waals surface area contributed by atoms with Crippen LogP contribution in [0.25, 0.3) is 5.57 Å². The van der Waals surface area contributed by atoms with Crippen molar-refractivity contribution in [3.05, 3.63) is 72.2 Å². The molecule has 0 fully saturated rings. The third-order valence-electron chi connectivity index (χ3n) is 4.56. The zero-order valence-electron chi connectivity index (χ0n) is 17.1. The number of benzene rings is 1. The van der Waals surface area contributed by atoms with E-state index in [-0.39, 0.29) is 6.61 Å². The Morgan fingerprint density at radius 2 is 1.93 bits per heavy atom. The van der Waals surface area contributed by atoms with Crippen LogP contribution in [0.4, 0.5) is 4.39 Å². The maximum atomic E-state index is 12.0. The Morgan fingerprint density at radius 3 is 2.61 bits per heavy atom. The van der Waals surface area contributed by atoms with Crippen molar-refractivity contribution in [1.29, 1.82) is 0 Å². The van der Waals surface area contributed by atoms with Gasteiger partial charge in [-0.1, -0.05) is 38.5 Å². The van der Waals surface area contributed by atoms with Crippen molar-refractivity contribution in [2.75, 3.05) is 26.5 Å². The molecule has 0 spiro atoms. The van der Waals surface area contributed by atoms with Crippen molar-refractivity contribution in [1.82, 2.24) is 4.90 Å². The van der Waals surface area contributed by atoms with Crippen molar-refractivity contribution in [3.63, 3.8) is 0 Å². The van der Waals surface area contributed by atoms with Crippen LogP contribution in [-0.2, 0) is 4.74 Å². The van der Waals surface area contributed by atoms with Crippen molar-refractivity contribution >= 4 is 5.57 Å². The van der Waals surface area contributed by atoms with E-state index in [0.29, 0.717) is 13.2 Å². The minimum absolute atomic E-state index is 0.123. The summed E-state index contributed by atoms with van der Waals surface area (Å²) in [5.41, 5.74) is 4.60. The predicted molar refractivity (Wildman–Crippen MR) is 115 cm³/mol. The summed E-state index contributed by atoms with van der Waals surface area (Å²) in [7, 11) is 0. The molecule has 0 atom stereocenters. The van der Waals surface area contributed by atoms with Gasteiger partial charge in [-0.3, -0.25) is 0 Å². The van der Waals surface area contributed by atoms with Gasteiger partial charge >= 0.3 is 0 Å². The van der Waals surface area contributed by atoms with Crippen molar-refractivity contribution < 1.29 is 13.9 Å². The fourth-order valence-electron chi connectivity index (χ4n) is 2.94. The monoisotopic (exact) mass is 385 g/mol. The average Bonchev–Trinajstić information content (AvgIpc) is 2.70. The average molecular weight is 386 g/mol. The Labute approximate surface area is 168 Å². The summed E-state index contributed by atoms with van der Waals surface area (Å²) in [6.07, 6.45) is 13.4. The molecule has 2 rings (SSSR count). The van der Waals surface area contributed by atoms with Crippen molar-refractivity contribution in [3.8, 4) is 5.75 Å². The first-order chi connectivity index (χ1) is 13.6. The fourth-order valence-corrected chi connectivity index (χ4v) is 2.94. The molecule has 28 heavy (non-hydrogen) atoms. The highest BCUT2D eigenvalue weighted by Crippen LogP contribution is 2.24. The number of unbranched alkanes of at least 4 members (excludes halogenated alkanes) is 2. The van der Waals surface area contributed by atoms with Crippen LogP contribution in [0, 0.1) is 0 Å². The van der Waals surface area contributed by atoms with E-state index in [1.165, 1.54) is 24.8 Å². The number of hydrogen-bond donors (Lipinski definition) is 0. The number of halogens is 1. The number of rotatable bonds is 12. The molecule has 152 valence electrons. The van der Waals surface area contributed by atoms with Gasteiger partial charge in [0, 0.05) is 18.1 Å². The maximum Gasteiger partial charge on any atom is 0.119 e. The summed E-state index contributed by atoms with van der Waals surface area (Å²) in [4.78, 5) is 2.06. The number of allylic oxidation sites excluding steroid dienone is 4. The van der Waals surface area contributed by atoms with Crippen LogP contribution in [0.5, 0.6) is 5.75 Å². The Bertz CT molecular complexity index is 704. The molecule has 0 saturated heterocycles. The highest BCUT2D eigenvalue weighted by molar-refractivity contribution is 5.64. The normalized spacial score (nSPS) is 14.4. The molecule has 0 N–H and O–H groups in total. The first-order valence-corrected chi connectivity index (χ1v) is 10.1. The Kier molecular flexibility index (Phi) is 9.56. The smallest absolute Gasteiger partial charge is 0.119 e. The largest absolute Gasteiger partial charge is 0.491 e. The lowest BCUT2D eigenvalue weighted by Crippen LogP contribution is -2.11. The quantitative estimate of drug-likeness (QED) is 0.396. The van der Waals surface area contributed by atoms with Gasteiger partial charge in [-0.05, 0) is 60.8 Å². The lowest BCUT2D eigenvalue weighted by atomic mass is 10.0. The first-order valence-electron chi connectivity index (χ1n) is 10.1. The molecule has 0 saturated carbocycles. The fraction of sp³-hybridized carbons (Fsp3) is 0.417. The molecule has 0 amide bonds. The minimum atomic E-state index is -0.463. The molecule has 1 aliphatic heterocycles. The van der Waals surface area contributed by atoms with Crippen LogP contribution in [0.1, 0.15) is 45.1 Å². The zero-order valence-corrected chi connectivity index (χ0v) is 17.1. The van der Waals surface area contributed by atoms with Gasteiger partial charge in [-0.25, -0.2) is 4.39 Å². The number of hydrogen-bond acceptors (Lipinski definition) is 3. The standard InChI is InChI=1S/C24H32FNO2/c1-4-5-6-7-22-12-14-26(21(3)18-22)19-20(2)23-8-10-24(11-9-23)28-17-16-27-15-13-25/h8-12,14,18-19H,3-7,13,15-17H2,1-2H3/b20-19+. The Morgan fingerprint density at radius 1 is 1.14 bits per heavy atom. The van der Waals surface area contributed by atoms with E-state index in [1.807, 2.05) is 24.3 Å². The lowest BCUT2D eigenvalue weighted by Gasteiger charge is -2.22. The molecule has 3 nitrogen and oxygen atoms in total. The predicted octanol–water partition coefficient (Wildman–Crippen LogP) is 6.26. The summed E-state index contributed by atoms with van der Waals surface area (Å²) in [5, 5.41) is 0. The van der Waals surface area contributed by atoms with Gasteiger partial charge in [0.1, 0.15) is 19.0 Å². The maximum absolute atomic E-state index is 12.0. The minimum Gasteiger partial charge on any atom is -0.491 e. The van der Waals surface area contributed by atoms with Crippen molar-refractivity contribution in [2.45, 2.75) is 39.5 Å². The van der Waals surface area contributed by atoms with E-state index in [4.69, 9.17) is 9.47 Å².